The monoisotopic (exact) mass is 283 g/mol. The molecule has 0 aliphatic carbocycles. The minimum atomic E-state index is -0.472. The van der Waals surface area contributed by atoms with Crippen LogP contribution in [-0.4, -0.2) is 10.1 Å². The van der Waals surface area contributed by atoms with Gasteiger partial charge in [-0.05, 0) is 30.7 Å². The van der Waals surface area contributed by atoms with E-state index in [1.807, 2.05) is 31.2 Å². The van der Waals surface area contributed by atoms with Crippen molar-refractivity contribution in [1.29, 1.82) is 0 Å². The van der Waals surface area contributed by atoms with Gasteiger partial charge in [0, 0.05) is 12.1 Å². The standard InChI is InChI=1S/C16H14FN3O/c1-10-2-4-11(5-3-10)8-15-19-16(21-20-15)13-7-6-12(18)9-14(13)17/h2-7,9H,8,18H2,1H3. The van der Waals surface area contributed by atoms with Gasteiger partial charge in [-0.25, -0.2) is 4.39 Å². The third-order valence-electron chi connectivity index (χ3n) is 3.17. The Morgan fingerprint density at radius 2 is 1.90 bits per heavy atom. The summed E-state index contributed by atoms with van der Waals surface area (Å²) in [5, 5.41) is 3.89. The molecule has 2 aromatic carbocycles. The smallest absolute Gasteiger partial charge is 0.260 e. The number of halogens is 1. The number of hydrogen-bond acceptors (Lipinski definition) is 4. The Morgan fingerprint density at radius 1 is 1.14 bits per heavy atom. The highest BCUT2D eigenvalue weighted by Gasteiger charge is 2.13. The molecule has 0 aliphatic rings. The number of nitrogens with two attached hydrogens (primary N) is 1. The second-order valence-electron chi connectivity index (χ2n) is 4.92. The van der Waals surface area contributed by atoms with Crippen molar-refractivity contribution in [3.63, 3.8) is 0 Å². The van der Waals surface area contributed by atoms with Gasteiger partial charge in [-0.1, -0.05) is 35.0 Å². The zero-order chi connectivity index (χ0) is 14.8. The molecular weight excluding hydrogens is 269 g/mol. The summed E-state index contributed by atoms with van der Waals surface area (Å²) in [4.78, 5) is 4.23. The van der Waals surface area contributed by atoms with Gasteiger partial charge in [-0.2, -0.15) is 4.98 Å². The first-order valence-corrected chi connectivity index (χ1v) is 6.55. The third-order valence-corrected chi connectivity index (χ3v) is 3.17. The SMILES string of the molecule is Cc1ccc(Cc2noc(-c3ccc(N)cc3F)n2)cc1. The molecule has 0 bridgehead atoms. The van der Waals surface area contributed by atoms with E-state index in [2.05, 4.69) is 10.1 Å². The first kappa shape index (κ1) is 13.3. The van der Waals surface area contributed by atoms with Gasteiger partial charge in [0.15, 0.2) is 5.82 Å². The van der Waals surface area contributed by atoms with Crippen LogP contribution in [0.15, 0.2) is 47.0 Å². The van der Waals surface area contributed by atoms with E-state index in [1.165, 1.54) is 17.7 Å². The molecule has 3 aromatic rings. The molecule has 3 rings (SSSR count). The van der Waals surface area contributed by atoms with Crippen molar-refractivity contribution < 1.29 is 8.91 Å². The van der Waals surface area contributed by atoms with Gasteiger partial charge in [0.05, 0.1) is 5.56 Å². The summed E-state index contributed by atoms with van der Waals surface area (Å²) < 4.78 is 18.9. The largest absolute Gasteiger partial charge is 0.399 e. The molecule has 106 valence electrons. The minimum Gasteiger partial charge on any atom is -0.399 e. The predicted molar refractivity (Wildman–Crippen MR) is 78.1 cm³/mol. The average molecular weight is 283 g/mol. The molecular formula is C16H14FN3O. The van der Waals surface area contributed by atoms with Gasteiger partial charge >= 0.3 is 0 Å². The zero-order valence-corrected chi connectivity index (χ0v) is 11.5. The summed E-state index contributed by atoms with van der Waals surface area (Å²) in [5.41, 5.74) is 8.40. The Kier molecular flexibility index (Phi) is 3.39. The van der Waals surface area contributed by atoms with E-state index in [9.17, 15) is 4.39 Å². The molecule has 2 N–H and O–H groups in total. The van der Waals surface area contributed by atoms with Crippen LogP contribution in [0.5, 0.6) is 0 Å². The molecule has 21 heavy (non-hydrogen) atoms. The van der Waals surface area contributed by atoms with Crippen LogP contribution in [0.2, 0.25) is 0 Å². The van der Waals surface area contributed by atoms with Crippen LogP contribution in [0.25, 0.3) is 11.5 Å². The summed E-state index contributed by atoms with van der Waals surface area (Å²) in [6.45, 7) is 2.03. The molecule has 1 heterocycles. The second-order valence-corrected chi connectivity index (χ2v) is 4.92. The molecule has 0 radical (unpaired) electrons. The summed E-state index contributed by atoms with van der Waals surface area (Å²) in [6.07, 6.45) is 0.542. The lowest BCUT2D eigenvalue weighted by atomic mass is 10.1. The molecule has 0 amide bonds. The second kappa shape index (κ2) is 5.36. The van der Waals surface area contributed by atoms with Crippen molar-refractivity contribution in [3.8, 4) is 11.5 Å². The number of nitrogens with zero attached hydrogens (tertiary/aromatic N) is 2. The summed E-state index contributed by atoms with van der Waals surface area (Å²) >= 11 is 0. The molecule has 0 spiro atoms. The lowest BCUT2D eigenvalue weighted by Gasteiger charge is -1.98. The number of rotatable bonds is 3. The number of nitrogen functional groups attached to an aromatic ring is 1. The number of anilines is 1. The molecule has 1 aromatic heterocycles. The lowest BCUT2D eigenvalue weighted by molar-refractivity contribution is 0.421. The van der Waals surface area contributed by atoms with E-state index in [0.29, 0.717) is 17.9 Å². The van der Waals surface area contributed by atoms with Crippen LogP contribution in [0, 0.1) is 12.7 Å². The highest BCUT2D eigenvalue weighted by molar-refractivity contribution is 5.58. The Hall–Kier alpha value is -2.69. The normalized spacial score (nSPS) is 10.8. The van der Waals surface area contributed by atoms with Crippen LogP contribution < -0.4 is 5.73 Å². The van der Waals surface area contributed by atoms with E-state index < -0.39 is 5.82 Å². The fraction of sp³-hybridized carbons (Fsp3) is 0.125. The Morgan fingerprint density at radius 3 is 2.62 bits per heavy atom. The molecule has 5 heteroatoms. The van der Waals surface area contributed by atoms with E-state index >= 15 is 0 Å². The van der Waals surface area contributed by atoms with E-state index in [1.54, 1.807) is 6.07 Å². The molecule has 4 nitrogen and oxygen atoms in total. The fourth-order valence-electron chi connectivity index (χ4n) is 2.03. The van der Waals surface area contributed by atoms with E-state index in [4.69, 9.17) is 10.3 Å². The van der Waals surface area contributed by atoms with Gasteiger partial charge in [0.1, 0.15) is 5.82 Å². The van der Waals surface area contributed by atoms with Crippen molar-refractivity contribution >= 4 is 5.69 Å². The Balaban J connectivity index is 1.84. The van der Waals surface area contributed by atoms with Gasteiger partial charge in [-0.15, -0.1) is 0 Å². The molecule has 0 unspecified atom stereocenters. The average Bonchev–Trinajstić information content (AvgIpc) is 2.90. The van der Waals surface area contributed by atoms with Gasteiger partial charge in [-0.3, -0.25) is 0 Å². The first-order chi connectivity index (χ1) is 10.1. The highest BCUT2D eigenvalue weighted by atomic mass is 19.1. The maximum Gasteiger partial charge on any atom is 0.260 e. The van der Waals surface area contributed by atoms with Crippen molar-refractivity contribution in [2.75, 3.05) is 5.73 Å². The predicted octanol–water partition coefficient (Wildman–Crippen LogP) is 3.36. The molecule has 0 atom stereocenters. The molecule has 0 saturated carbocycles. The Labute approximate surface area is 121 Å². The summed E-state index contributed by atoms with van der Waals surface area (Å²) in [6, 6.07) is 12.4. The molecule has 0 aliphatic heterocycles. The number of aryl methyl sites for hydroxylation is 1. The van der Waals surface area contributed by atoms with Crippen LogP contribution in [0.3, 0.4) is 0 Å². The minimum absolute atomic E-state index is 0.162. The lowest BCUT2D eigenvalue weighted by Crippen LogP contribution is -1.92. The van der Waals surface area contributed by atoms with E-state index in [0.717, 1.165) is 5.56 Å². The first-order valence-electron chi connectivity index (χ1n) is 6.55. The van der Waals surface area contributed by atoms with Gasteiger partial charge in [0.25, 0.3) is 5.89 Å². The van der Waals surface area contributed by atoms with Crippen molar-refractivity contribution in [2.45, 2.75) is 13.3 Å². The van der Waals surface area contributed by atoms with Crippen LogP contribution >= 0.6 is 0 Å². The van der Waals surface area contributed by atoms with Crippen molar-refractivity contribution in [1.82, 2.24) is 10.1 Å². The van der Waals surface area contributed by atoms with Crippen LogP contribution in [0.1, 0.15) is 17.0 Å². The molecule has 0 fully saturated rings. The van der Waals surface area contributed by atoms with Crippen molar-refractivity contribution in [2.24, 2.45) is 0 Å². The maximum absolute atomic E-state index is 13.8. The maximum atomic E-state index is 13.8. The van der Waals surface area contributed by atoms with Gasteiger partial charge in [0.2, 0.25) is 0 Å². The zero-order valence-electron chi connectivity index (χ0n) is 11.5. The number of hydrogen-bond donors (Lipinski definition) is 1. The third kappa shape index (κ3) is 2.91. The quantitative estimate of drug-likeness (QED) is 0.748. The van der Waals surface area contributed by atoms with Gasteiger partial charge < -0.3 is 10.3 Å². The number of benzene rings is 2. The molecule has 0 saturated heterocycles. The highest BCUT2D eigenvalue weighted by Crippen LogP contribution is 2.23. The fourth-order valence-corrected chi connectivity index (χ4v) is 2.03. The Bertz CT molecular complexity index is 765. The van der Waals surface area contributed by atoms with Crippen LogP contribution in [-0.2, 0) is 6.42 Å². The van der Waals surface area contributed by atoms with Crippen LogP contribution in [0.4, 0.5) is 10.1 Å². The summed E-state index contributed by atoms with van der Waals surface area (Å²) in [7, 11) is 0. The topological polar surface area (TPSA) is 64.9 Å². The summed E-state index contributed by atoms with van der Waals surface area (Å²) in [5.74, 6) is 0.209. The number of aromatic nitrogens is 2. The van der Waals surface area contributed by atoms with Crippen molar-refractivity contribution in [3.05, 3.63) is 65.2 Å². The van der Waals surface area contributed by atoms with E-state index in [-0.39, 0.29) is 11.5 Å².